The molecule has 1 fully saturated rings. The minimum absolute atomic E-state index is 0.250. The van der Waals surface area contributed by atoms with Gasteiger partial charge in [0.05, 0.1) is 18.3 Å². The summed E-state index contributed by atoms with van der Waals surface area (Å²) in [6.45, 7) is 2.27. The molecule has 4 rings (SSSR count). The molecule has 34 heavy (non-hydrogen) atoms. The van der Waals surface area contributed by atoms with E-state index >= 15 is 0 Å². The summed E-state index contributed by atoms with van der Waals surface area (Å²) >= 11 is 0. The van der Waals surface area contributed by atoms with Gasteiger partial charge in [-0.1, -0.05) is 78.9 Å². The number of hydrogen-bond acceptors (Lipinski definition) is 4. The zero-order valence-corrected chi connectivity index (χ0v) is 19.0. The van der Waals surface area contributed by atoms with Crippen LogP contribution in [0.5, 0.6) is 0 Å². The molecule has 0 aliphatic carbocycles. The van der Waals surface area contributed by atoms with Crippen molar-refractivity contribution in [3.63, 3.8) is 0 Å². The molecule has 7 heteroatoms. The summed E-state index contributed by atoms with van der Waals surface area (Å²) in [5.41, 5.74) is 2.29. The van der Waals surface area contributed by atoms with Crippen molar-refractivity contribution in [2.45, 2.75) is 44.2 Å². The Kier molecular flexibility index (Phi) is 7.25. The van der Waals surface area contributed by atoms with Gasteiger partial charge in [-0.15, -0.1) is 0 Å². The zero-order chi connectivity index (χ0) is 24.1. The number of rotatable bonds is 8. The fourth-order valence-electron chi connectivity index (χ4n) is 4.51. The summed E-state index contributed by atoms with van der Waals surface area (Å²) in [5, 5.41) is 24.8. The molecule has 0 saturated carbocycles. The van der Waals surface area contributed by atoms with Crippen LogP contribution in [0.2, 0.25) is 0 Å². The number of nitrogens with one attached hydrogen (secondary N) is 1. The molecule has 2 amide bonds. The molecule has 1 aliphatic rings. The Morgan fingerprint density at radius 3 is 2.03 bits per heavy atom. The number of carboxylic acid groups (broad SMARTS) is 1. The number of amides is 2. The normalized spacial score (nSPS) is 19.6. The number of benzene rings is 3. The third-order valence-corrected chi connectivity index (χ3v) is 6.23. The lowest BCUT2D eigenvalue weighted by atomic mass is 9.94. The predicted octanol–water partition coefficient (Wildman–Crippen LogP) is 3.49. The molecule has 0 radical (unpaired) electrons. The Morgan fingerprint density at radius 1 is 0.941 bits per heavy atom. The van der Waals surface area contributed by atoms with Crippen LogP contribution in [0.4, 0.5) is 10.5 Å². The quantitative estimate of drug-likeness (QED) is 0.480. The van der Waals surface area contributed by atoms with E-state index in [4.69, 9.17) is 0 Å². The molecule has 176 valence electrons. The highest BCUT2D eigenvalue weighted by Gasteiger charge is 2.45. The van der Waals surface area contributed by atoms with Crippen molar-refractivity contribution in [2.24, 2.45) is 0 Å². The Hall–Kier alpha value is -3.68. The molecular weight excluding hydrogens is 430 g/mol. The largest absolute Gasteiger partial charge is 0.465 e. The molecule has 3 N–H and O–H groups in total. The highest BCUT2D eigenvalue weighted by Crippen LogP contribution is 2.26. The first-order valence-electron chi connectivity index (χ1n) is 11.4. The van der Waals surface area contributed by atoms with Gasteiger partial charge < -0.3 is 15.1 Å². The van der Waals surface area contributed by atoms with E-state index in [-0.39, 0.29) is 18.5 Å². The molecule has 3 aromatic rings. The lowest BCUT2D eigenvalue weighted by Crippen LogP contribution is -2.56. The van der Waals surface area contributed by atoms with Crippen molar-refractivity contribution in [2.75, 3.05) is 4.90 Å². The van der Waals surface area contributed by atoms with Crippen molar-refractivity contribution >= 4 is 17.7 Å². The van der Waals surface area contributed by atoms with Gasteiger partial charge in [0.2, 0.25) is 5.91 Å². The SMILES string of the molecule is CC1NC(C(O)[C@H](Cc2ccccc2)N(C(=O)O)c2ccccc2)C(=O)N1Cc1ccccc1. The number of carbonyl (C=O) groups excluding carboxylic acids is 1. The van der Waals surface area contributed by atoms with E-state index in [1.54, 1.807) is 35.2 Å². The Bertz CT molecular complexity index is 1090. The first-order chi connectivity index (χ1) is 16.5. The maximum atomic E-state index is 13.4. The number of nitrogens with zero attached hydrogens (tertiary/aromatic N) is 2. The number of hydrogen-bond donors (Lipinski definition) is 3. The van der Waals surface area contributed by atoms with Crippen molar-refractivity contribution in [3.05, 3.63) is 102 Å². The van der Waals surface area contributed by atoms with Crippen molar-refractivity contribution in [1.82, 2.24) is 10.2 Å². The van der Waals surface area contributed by atoms with Crippen molar-refractivity contribution < 1.29 is 19.8 Å². The molecule has 4 atom stereocenters. The fourth-order valence-corrected chi connectivity index (χ4v) is 4.51. The number of carbonyl (C=O) groups is 2. The van der Waals surface area contributed by atoms with Gasteiger partial charge in [0.15, 0.2) is 0 Å². The van der Waals surface area contributed by atoms with Gasteiger partial charge in [0, 0.05) is 12.2 Å². The number of aliphatic hydroxyl groups is 1. The summed E-state index contributed by atoms with van der Waals surface area (Å²) in [6, 6.07) is 25.9. The summed E-state index contributed by atoms with van der Waals surface area (Å²) in [4.78, 5) is 28.6. The van der Waals surface area contributed by atoms with Crippen molar-refractivity contribution in [3.8, 4) is 0 Å². The molecule has 1 aliphatic heterocycles. The maximum Gasteiger partial charge on any atom is 0.412 e. The summed E-state index contributed by atoms with van der Waals surface area (Å²) in [7, 11) is 0. The summed E-state index contributed by atoms with van der Waals surface area (Å²) < 4.78 is 0. The van der Waals surface area contributed by atoms with E-state index in [9.17, 15) is 19.8 Å². The van der Waals surface area contributed by atoms with Crippen LogP contribution in [0.25, 0.3) is 0 Å². The third-order valence-electron chi connectivity index (χ3n) is 6.23. The Balaban J connectivity index is 1.64. The van der Waals surface area contributed by atoms with Crippen LogP contribution in [0.3, 0.4) is 0 Å². The molecule has 1 saturated heterocycles. The van der Waals surface area contributed by atoms with E-state index in [2.05, 4.69) is 5.32 Å². The van der Waals surface area contributed by atoms with E-state index in [0.29, 0.717) is 12.2 Å². The van der Waals surface area contributed by atoms with Crippen LogP contribution < -0.4 is 10.2 Å². The molecule has 0 spiro atoms. The van der Waals surface area contributed by atoms with Crippen LogP contribution in [0.1, 0.15) is 18.1 Å². The molecular formula is C27H29N3O4. The smallest absolute Gasteiger partial charge is 0.412 e. The summed E-state index contributed by atoms with van der Waals surface area (Å²) in [6.07, 6.45) is -2.51. The van der Waals surface area contributed by atoms with Crippen LogP contribution in [0.15, 0.2) is 91.0 Å². The topological polar surface area (TPSA) is 93.1 Å². The number of para-hydroxylation sites is 1. The molecule has 3 unspecified atom stereocenters. The fraction of sp³-hybridized carbons (Fsp3) is 0.259. The van der Waals surface area contributed by atoms with Gasteiger partial charge >= 0.3 is 6.09 Å². The second-order valence-corrected chi connectivity index (χ2v) is 8.51. The second kappa shape index (κ2) is 10.5. The predicted molar refractivity (Wildman–Crippen MR) is 130 cm³/mol. The van der Waals surface area contributed by atoms with Crippen molar-refractivity contribution in [1.29, 1.82) is 0 Å². The first-order valence-corrected chi connectivity index (χ1v) is 11.4. The average molecular weight is 460 g/mol. The van der Waals surface area contributed by atoms with Gasteiger partial charge in [-0.3, -0.25) is 15.0 Å². The van der Waals surface area contributed by atoms with E-state index < -0.39 is 24.3 Å². The van der Waals surface area contributed by atoms with Crippen LogP contribution >= 0.6 is 0 Å². The monoisotopic (exact) mass is 459 g/mol. The van der Waals surface area contributed by atoms with E-state index in [1.807, 2.05) is 67.6 Å². The van der Waals surface area contributed by atoms with Gasteiger partial charge in [-0.05, 0) is 36.6 Å². The average Bonchev–Trinajstić information content (AvgIpc) is 3.13. The zero-order valence-electron chi connectivity index (χ0n) is 19.0. The minimum Gasteiger partial charge on any atom is -0.465 e. The number of anilines is 1. The van der Waals surface area contributed by atoms with E-state index in [0.717, 1.165) is 16.0 Å². The summed E-state index contributed by atoms with van der Waals surface area (Å²) in [5.74, 6) is -0.250. The minimum atomic E-state index is -1.27. The second-order valence-electron chi connectivity index (χ2n) is 8.51. The first kappa shape index (κ1) is 23.5. The highest BCUT2D eigenvalue weighted by atomic mass is 16.4. The molecule has 3 aromatic carbocycles. The maximum absolute atomic E-state index is 13.4. The third kappa shape index (κ3) is 5.11. The standard InChI is InChI=1S/C27H29N3O4/c1-19-28-24(26(32)29(19)18-21-13-7-3-8-14-21)25(31)23(17-20-11-5-2-6-12-20)30(27(33)34)22-15-9-4-10-16-22/h2-16,19,23-25,28,31H,17-18H2,1H3,(H,33,34)/t19?,23-,24?,25?/m0/s1. The van der Waals surface area contributed by atoms with E-state index in [1.165, 1.54) is 0 Å². The van der Waals surface area contributed by atoms with Gasteiger partial charge in [-0.25, -0.2) is 4.79 Å². The Labute approximate surface area is 199 Å². The van der Waals surface area contributed by atoms with Crippen LogP contribution in [-0.2, 0) is 17.8 Å². The van der Waals surface area contributed by atoms with Gasteiger partial charge in [-0.2, -0.15) is 0 Å². The van der Waals surface area contributed by atoms with Crippen LogP contribution in [0, 0.1) is 0 Å². The molecule has 0 bridgehead atoms. The Morgan fingerprint density at radius 2 is 1.47 bits per heavy atom. The highest BCUT2D eigenvalue weighted by molar-refractivity contribution is 5.88. The number of aliphatic hydroxyl groups excluding tert-OH is 1. The molecule has 7 nitrogen and oxygen atoms in total. The van der Waals surface area contributed by atoms with Crippen LogP contribution in [-0.4, -0.2) is 51.5 Å². The van der Waals surface area contributed by atoms with Gasteiger partial charge in [0.1, 0.15) is 6.04 Å². The molecule has 1 heterocycles. The van der Waals surface area contributed by atoms with Gasteiger partial charge in [0.25, 0.3) is 0 Å². The lowest BCUT2D eigenvalue weighted by molar-refractivity contribution is -0.132. The lowest BCUT2D eigenvalue weighted by Gasteiger charge is -2.35. The molecule has 0 aromatic heterocycles.